The van der Waals surface area contributed by atoms with E-state index in [-0.39, 0.29) is 12.4 Å². The highest BCUT2D eigenvalue weighted by Gasteiger charge is 2.46. The number of aryl methyl sites for hydroxylation is 1. The van der Waals surface area contributed by atoms with Gasteiger partial charge in [0.15, 0.2) is 11.6 Å². The standard InChI is InChI=1S/C17H19FN6O/c1-11-9-13-15(19-6-8-24(13)21-11)23-7-5-17(18,10-23)16-20-14(22-25-16)12-3-2-4-12/h6,8-9,12H,2-5,7,10H2,1H3. The Kier molecular flexibility index (Phi) is 3.10. The number of anilines is 1. The summed E-state index contributed by atoms with van der Waals surface area (Å²) in [6.07, 6.45) is 7.12. The Morgan fingerprint density at radius 2 is 2.24 bits per heavy atom. The van der Waals surface area contributed by atoms with Gasteiger partial charge in [-0.2, -0.15) is 10.1 Å². The molecule has 4 heterocycles. The molecule has 0 bridgehead atoms. The van der Waals surface area contributed by atoms with Crippen molar-refractivity contribution in [3.05, 3.63) is 35.9 Å². The van der Waals surface area contributed by atoms with Gasteiger partial charge in [-0.05, 0) is 25.8 Å². The molecule has 1 atom stereocenters. The Labute approximate surface area is 143 Å². The number of nitrogens with zero attached hydrogens (tertiary/aromatic N) is 6. The normalized spacial score (nSPS) is 24.2. The summed E-state index contributed by atoms with van der Waals surface area (Å²) in [5.74, 6) is 1.84. The fraction of sp³-hybridized carbons (Fsp3) is 0.529. The maximum absolute atomic E-state index is 15.5. The van der Waals surface area contributed by atoms with Crippen molar-refractivity contribution in [2.75, 3.05) is 18.0 Å². The molecule has 1 saturated heterocycles. The molecule has 130 valence electrons. The maximum atomic E-state index is 15.5. The molecule has 5 rings (SSSR count). The zero-order valence-electron chi connectivity index (χ0n) is 14.0. The molecule has 3 aromatic heterocycles. The lowest BCUT2D eigenvalue weighted by Gasteiger charge is -2.21. The molecule has 0 N–H and O–H groups in total. The fourth-order valence-corrected chi connectivity index (χ4v) is 3.65. The second-order valence-electron chi connectivity index (χ2n) is 7.09. The number of aromatic nitrogens is 5. The molecule has 1 saturated carbocycles. The average Bonchev–Trinajstić information content (AvgIpc) is 3.23. The minimum absolute atomic E-state index is 0.105. The molecule has 7 nitrogen and oxygen atoms in total. The minimum atomic E-state index is -1.63. The van der Waals surface area contributed by atoms with Crippen LogP contribution in [0, 0.1) is 6.92 Å². The monoisotopic (exact) mass is 342 g/mol. The van der Waals surface area contributed by atoms with E-state index in [0.29, 0.717) is 24.7 Å². The number of rotatable bonds is 3. The Balaban J connectivity index is 1.43. The molecule has 0 amide bonds. The van der Waals surface area contributed by atoms with E-state index in [4.69, 9.17) is 4.52 Å². The van der Waals surface area contributed by atoms with Crippen LogP contribution in [0.4, 0.5) is 10.2 Å². The van der Waals surface area contributed by atoms with Crippen LogP contribution in [0.1, 0.15) is 49.0 Å². The summed E-state index contributed by atoms with van der Waals surface area (Å²) >= 11 is 0. The first-order valence-corrected chi connectivity index (χ1v) is 8.71. The van der Waals surface area contributed by atoms with E-state index >= 15 is 4.39 Å². The van der Waals surface area contributed by atoms with E-state index in [1.165, 1.54) is 6.42 Å². The minimum Gasteiger partial charge on any atom is -0.351 e. The highest BCUT2D eigenvalue weighted by molar-refractivity contribution is 5.69. The summed E-state index contributed by atoms with van der Waals surface area (Å²) in [5, 5.41) is 8.40. The first kappa shape index (κ1) is 14.8. The van der Waals surface area contributed by atoms with Crippen molar-refractivity contribution >= 4 is 11.3 Å². The molecule has 1 aliphatic heterocycles. The molecule has 25 heavy (non-hydrogen) atoms. The topological polar surface area (TPSA) is 72.4 Å². The molecule has 8 heteroatoms. The lowest BCUT2D eigenvalue weighted by molar-refractivity contribution is 0.135. The number of halogens is 1. The van der Waals surface area contributed by atoms with Crippen molar-refractivity contribution in [3.8, 4) is 0 Å². The molecule has 1 unspecified atom stereocenters. The van der Waals surface area contributed by atoms with Crippen LogP contribution in [0.15, 0.2) is 23.0 Å². The molecule has 0 aromatic carbocycles. The van der Waals surface area contributed by atoms with E-state index < -0.39 is 5.67 Å². The van der Waals surface area contributed by atoms with Gasteiger partial charge in [-0.15, -0.1) is 0 Å². The summed E-state index contributed by atoms with van der Waals surface area (Å²) in [7, 11) is 0. The molecule has 2 fully saturated rings. The molecule has 3 aromatic rings. The predicted octanol–water partition coefficient (Wildman–Crippen LogP) is 2.76. The summed E-state index contributed by atoms with van der Waals surface area (Å²) in [4.78, 5) is 10.7. The molecule has 2 aliphatic rings. The van der Waals surface area contributed by atoms with Gasteiger partial charge in [0.25, 0.3) is 5.89 Å². The second kappa shape index (κ2) is 5.24. The van der Waals surface area contributed by atoms with Crippen LogP contribution in [0.2, 0.25) is 0 Å². The zero-order chi connectivity index (χ0) is 17.0. The van der Waals surface area contributed by atoms with E-state index in [0.717, 1.165) is 29.9 Å². The van der Waals surface area contributed by atoms with Crippen LogP contribution in [-0.4, -0.2) is 37.8 Å². The van der Waals surface area contributed by atoms with Gasteiger partial charge in [0.1, 0.15) is 5.52 Å². The van der Waals surface area contributed by atoms with Gasteiger partial charge in [0, 0.05) is 31.3 Å². The maximum Gasteiger partial charge on any atom is 0.266 e. The third-order valence-corrected chi connectivity index (χ3v) is 5.31. The van der Waals surface area contributed by atoms with Crippen molar-refractivity contribution in [3.63, 3.8) is 0 Å². The lowest BCUT2D eigenvalue weighted by Crippen LogP contribution is -2.28. The van der Waals surface area contributed by atoms with Crippen LogP contribution in [0.3, 0.4) is 0 Å². The van der Waals surface area contributed by atoms with Crippen LogP contribution >= 0.6 is 0 Å². The first-order valence-electron chi connectivity index (χ1n) is 8.71. The molecule has 0 radical (unpaired) electrons. The van der Waals surface area contributed by atoms with Gasteiger partial charge >= 0.3 is 0 Å². The molecule has 0 spiro atoms. The van der Waals surface area contributed by atoms with Crippen LogP contribution < -0.4 is 4.90 Å². The van der Waals surface area contributed by atoms with E-state index in [1.54, 1.807) is 16.9 Å². The van der Waals surface area contributed by atoms with Crippen LogP contribution in [0.5, 0.6) is 0 Å². The van der Waals surface area contributed by atoms with Gasteiger partial charge in [-0.3, -0.25) is 0 Å². The van der Waals surface area contributed by atoms with E-state index in [1.807, 2.05) is 17.9 Å². The van der Waals surface area contributed by atoms with Crippen molar-refractivity contribution < 1.29 is 8.91 Å². The molecular weight excluding hydrogens is 323 g/mol. The van der Waals surface area contributed by atoms with Crippen molar-refractivity contribution in [2.24, 2.45) is 0 Å². The Morgan fingerprint density at radius 3 is 3.04 bits per heavy atom. The van der Waals surface area contributed by atoms with Gasteiger partial charge in [-0.25, -0.2) is 13.9 Å². The highest BCUT2D eigenvalue weighted by Crippen LogP contribution is 2.40. The van der Waals surface area contributed by atoms with Gasteiger partial charge < -0.3 is 9.42 Å². The third kappa shape index (κ3) is 2.31. The second-order valence-corrected chi connectivity index (χ2v) is 7.09. The summed E-state index contributed by atoms with van der Waals surface area (Å²) in [6, 6.07) is 1.96. The van der Waals surface area contributed by atoms with Crippen LogP contribution in [0.25, 0.3) is 5.52 Å². The van der Waals surface area contributed by atoms with Gasteiger partial charge in [0.2, 0.25) is 5.67 Å². The Morgan fingerprint density at radius 1 is 1.36 bits per heavy atom. The Bertz CT molecular complexity index is 932. The predicted molar refractivity (Wildman–Crippen MR) is 88.2 cm³/mol. The number of hydrogen-bond acceptors (Lipinski definition) is 6. The summed E-state index contributed by atoms with van der Waals surface area (Å²) in [5.41, 5.74) is 0.158. The number of fused-ring (bicyclic) bond motifs is 1. The van der Waals surface area contributed by atoms with Crippen LogP contribution in [-0.2, 0) is 5.67 Å². The largest absolute Gasteiger partial charge is 0.351 e. The van der Waals surface area contributed by atoms with E-state index in [2.05, 4.69) is 20.2 Å². The number of hydrogen-bond donors (Lipinski definition) is 0. The quantitative estimate of drug-likeness (QED) is 0.729. The van der Waals surface area contributed by atoms with Crippen molar-refractivity contribution in [2.45, 2.75) is 44.2 Å². The smallest absolute Gasteiger partial charge is 0.266 e. The highest BCUT2D eigenvalue weighted by atomic mass is 19.1. The average molecular weight is 342 g/mol. The first-order chi connectivity index (χ1) is 12.1. The third-order valence-electron chi connectivity index (χ3n) is 5.31. The summed E-state index contributed by atoms with van der Waals surface area (Å²) in [6.45, 7) is 2.64. The van der Waals surface area contributed by atoms with Gasteiger partial charge in [0.05, 0.1) is 12.2 Å². The van der Waals surface area contributed by atoms with Gasteiger partial charge in [-0.1, -0.05) is 11.6 Å². The molecular formula is C17H19FN6O. The Hall–Kier alpha value is -2.51. The molecule has 1 aliphatic carbocycles. The van der Waals surface area contributed by atoms with E-state index in [9.17, 15) is 0 Å². The zero-order valence-corrected chi connectivity index (χ0v) is 14.0. The lowest BCUT2D eigenvalue weighted by atomic mass is 9.85. The fourth-order valence-electron chi connectivity index (χ4n) is 3.65. The van der Waals surface area contributed by atoms with Crippen molar-refractivity contribution in [1.29, 1.82) is 0 Å². The summed E-state index contributed by atoms with van der Waals surface area (Å²) < 4.78 is 22.6. The number of alkyl halides is 1. The van der Waals surface area contributed by atoms with Crippen molar-refractivity contribution in [1.82, 2.24) is 24.7 Å². The SMILES string of the molecule is Cc1cc2c(N3CCC(F)(c4nc(C5CCC5)no4)C3)nccn2n1.